The molecule has 3 rings (SSSR count). The standard InChI is InChI=1S/C22H21BrN2O4S/c1-29-20-10-4-16(5-11-20)14-24-22(26)18-6-2-17(3-7-18)15-25-30(27,28)21-12-8-19(23)9-13-21/h2-13,25H,14-15H2,1H3,(H,24,26). The van der Waals surface area contributed by atoms with Crippen molar-refractivity contribution in [2.45, 2.75) is 18.0 Å². The van der Waals surface area contributed by atoms with Crippen molar-refractivity contribution in [3.05, 3.63) is 94.0 Å². The summed E-state index contributed by atoms with van der Waals surface area (Å²) >= 11 is 3.28. The van der Waals surface area contributed by atoms with Gasteiger partial charge in [-0.3, -0.25) is 4.79 Å². The maximum absolute atomic E-state index is 12.4. The third-order valence-electron chi connectivity index (χ3n) is 4.42. The maximum atomic E-state index is 12.4. The minimum Gasteiger partial charge on any atom is -0.497 e. The number of methoxy groups -OCH3 is 1. The van der Waals surface area contributed by atoms with Crippen LogP contribution in [0.2, 0.25) is 0 Å². The fraction of sp³-hybridized carbons (Fsp3) is 0.136. The first-order chi connectivity index (χ1) is 14.4. The van der Waals surface area contributed by atoms with Crippen LogP contribution in [0.5, 0.6) is 5.75 Å². The van der Waals surface area contributed by atoms with Crippen molar-refractivity contribution < 1.29 is 17.9 Å². The van der Waals surface area contributed by atoms with E-state index >= 15 is 0 Å². The Labute approximate surface area is 184 Å². The van der Waals surface area contributed by atoms with Crippen molar-refractivity contribution in [1.29, 1.82) is 0 Å². The molecule has 0 atom stereocenters. The third kappa shape index (κ3) is 5.91. The number of nitrogens with one attached hydrogen (secondary N) is 2. The second-order valence-corrected chi connectivity index (χ2v) is 9.19. The van der Waals surface area contributed by atoms with Gasteiger partial charge in [0.2, 0.25) is 10.0 Å². The Kier molecular flexibility index (Phi) is 7.25. The van der Waals surface area contributed by atoms with Gasteiger partial charge in [0.1, 0.15) is 5.75 Å². The molecule has 0 spiro atoms. The summed E-state index contributed by atoms with van der Waals surface area (Å²) in [5.41, 5.74) is 2.22. The molecule has 3 aromatic rings. The highest BCUT2D eigenvalue weighted by atomic mass is 79.9. The molecule has 0 fully saturated rings. The van der Waals surface area contributed by atoms with Crippen molar-refractivity contribution in [2.75, 3.05) is 7.11 Å². The first-order valence-electron chi connectivity index (χ1n) is 9.13. The van der Waals surface area contributed by atoms with Crippen LogP contribution in [0.25, 0.3) is 0 Å². The zero-order chi connectivity index (χ0) is 21.6. The summed E-state index contributed by atoms with van der Waals surface area (Å²) in [6, 6.07) is 20.7. The molecular weight excluding hydrogens is 468 g/mol. The van der Waals surface area contributed by atoms with Crippen LogP contribution in [0.4, 0.5) is 0 Å². The topological polar surface area (TPSA) is 84.5 Å². The molecule has 0 aromatic heterocycles. The Morgan fingerprint density at radius 1 is 0.867 bits per heavy atom. The smallest absolute Gasteiger partial charge is 0.251 e. The molecule has 0 saturated heterocycles. The normalized spacial score (nSPS) is 11.1. The number of hydrogen-bond donors (Lipinski definition) is 2. The van der Waals surface area contributed by atoms with E-state index in [0.717, 1.165) is 21.3 Å². The van der Waals surface area contributed by atoms with Gasteiger partial charge in [0, 0.05) is 23.1 Å². The van der Waals surface area contributed by atoms with E-state index in [2.05, 4.69) is 26.0 Å². The van der Waals surface area contributed by atoms with Gasteiger partial charge in [-0.25, -0.2) is 13.1 Å². The van der Waals surface area contributed by atoms with E-state index in [4.69, 9.17) is 4.74 Å². The van der Waals surface area contributed by atoms with Crippen LogP contribution >= 0.6 is 15.9 Å². The van der Waals surface area contributed by atoms with E-state index in [1.807, 2.05) is 24.3 Å². The number of hydrogen-bond acceptors (Lipinski definition) is 4. The molecular formula is C22H21BrN2O4S. The molecule has 0 saturated carbocycles. The predicted molar refractivity (Wildman–Crippen MR) is 119 cm³/mol. The lowest BCUT2D eigenvalue weighted by atomic mass is 10.1. The first-order valence-corrected chi connectivity index (χ1v) is 11.4. The highest BCUT2D eigenvalue weighted by Crippen LogP contribution is 2.15. The second-order valence-electron chi connectivity index (χ2n) is 6.51. The van der Waals surface area contributed by atoms with Gasteiger partial charge in [-0.15, -0.1) is 0 Å². The molecule has 0 heterocycles. The van der Waals surface area contributed by atoms with Crippen LogP contribution < -0.4 is 14.8 Å². The Morgan fingerprint density at radius 3 is 2.03 bits per heavy atom. The molecule has 0 aliphatic carbocycles. The average Bonchev–Trinajstić information content (AvgIpc) is 2.77. The molecule has 0 aliphatic heterocycles. The highest BCUT2D eigenvalue weighted by Gasteiger charge is 2.13. The monoisotopic (exact) mass is 488 g/mol. The number of sulfonamides is 1. The molecule has 8 heteroatoms. The maximum Gasteiger partial charge on any atom is 0.251 e. The lowest BCUT2D eigenvalue weighted by Gasteiger charge is -2.09. The quantitative estimate of drug-likeness (QED) is 0.503. The first kappa shape index (κ1) is 22.0. The molecule has 1 amide bonds. The van der Waals surface area contributed by atoms with Crippen molar-refractivity contribution in [3.8, 4) is 5.75 Å². The van der Waals surface area contributed by atoms with E-state index < -0.39 is 10.0 Å². The van der Waals surface area contributed by atoms with Gasteiger partial charge in [0.15, 0.2) is 0 Å². The van der Waals surface area contributed by atoms with Crippen molar-refractivity contribution in [2.24, 2.45) is 0 Å². The molecule has 3 aromatic carbocycles. The Hall–Kier alpha value is -2.68. The predicted octanol–water partition coefficient (Wildman–Crippen LogP) is 3.87. The van der Waals surface area contributed by atoms with Crippen molar-refractivity contribution in [1.82, 2.24) is 10.0 Å². The number of halogens is 1. The van der Waals surface area contributed by atoms with Gasteiger partial charge in [-0.2, -0.15) is 0 Å². The summed E-state index contributed by atoms with van der Waals surface area (Å²) in [7, 11) is -2.00. The van der Waals surface area contributed by atoms with E-state index in [-0.39, 0.29) is 17.3 Å². The SMILES string of the molecule is COc1ccc(CNC(=O)c2ccc(CNS(=O)(=O)c3ccc(Br)cc3)cc2)cc1. The van der Waals surface area contributed by atoms with Crippen molar-refractivity contribution >= 4 is 31.9 Å². The zero-order valence-corrected chi connectivity index (χ0v) is 18.7. The minimum atomic E-state index is -3.61. The minimum absolute atomic E-state index is 0.131. The third-order valence-corrected chi connectivity index (χ3v) is 6.36. The van der Waals surface area contributed by atoms with Gasteiger partial charge in [0.25, 0.3) is 5.91 Å². The van der Waals surface area contributed by atoms with Gasteiger partial charge < -0.3 is 10.1 Å². The van der Waals surface area contributed by atoms with Gasteiger partial charge in [0.05, 0.1) is 12.0 Å². The van der Waals surface area contributed by atoms with Crippen LogP contribution in [0.3, 0.4) is 0 Å². The fourth-order valence-corrected chi connectivity index (χ4v) is 3.96. The van der Waals surface area contributed by atoms with Crippen LogP contribution in [-0.4, -0.2) is 21.4 Å². The number of rotatable bonds is 8. The van der Waals surface area contributed by atoms with Gasteiger partial charge in [-0.1, -0.05) is 40.2 Å². The number of amides is 1. The summed E-state index contributed by atoms with van der Waals surface area (Å²) in [5.74, 6) is 0.559. The largest absolute Gasteiger partial charge is 0.497 e. The number of carbonyl (C=O) groups excluding carboxylic acids is 1. The Morgan fingerprint density at radius 2 is 1.43 bits per heavy atom. The lowest BCUT2D eigenvalue weighted by Crippen LogP contribution is -2.24. The van der Waals surface area contributed by atoms with Gasteiger partial charge in [-0.05, 0) is 59.7 Å². The summed E-state index contributed by atoms with van der Waals surface area (Å²) < 4.78 is 33.2. The summed E-state index contributed by atoms with van der Waals surface area (Å²) in [6.07, 6.45) is 0. The van der Waals surface area contributed by atoms with Crippen LogP contribution in [0.1, 0.15) is 21.5 Å². The summed E-state index contributed by atoms with van der Waals surface area (Å²) in [4.78, 5) is 12.5. The summed E-state index contributed by atoms with van der Waals surface area (Å²) in [5, 5.41) is 2.86. The second kappa shape index (κ2) is 9.88. The van der Waals surface area contributed by atoms with E-state index in [9.17, 15) is 13.2 Å². The molecule has 0 aliphatic rings. The molecule has 6 nitrogen and oxygen atoms in total. The highest BCUT2D eigenvalue weighted by molar-refractivity contribution is 9.10. The number of benzene rings is 3. The Bertz CT molecular complexity index is 1100. The van der Waals surface area contributed by atoms with Crippen LogP contribution in [0, 0.1) is 0 Å². The fourth-order valence-electron chi connectivity index (χ4n) is 2.68. The average molecular weight is 489 g/mol. The molecule has 156 valence electrons. The lowest BCUT2D eigenvalue weighted by molar-refractivity contribution is 0.0951. The number of ether oxygens (including phenoxy) is 1. The number of carbonyl (C=O) groups is 1. The molecule has 2 N–H and O–H groups in total. The molecule has 30 heavy (non-hydrogen) atoms. The molecule has 0 radical (unpaired) electrons. The Balaban J connectivity index is 1.54. The van der Waals surface area contributed by atoms with Crippen LogP contribution in [0.15, 0.2) is 82.2 Å². The van der Waals surface area contributed by atoms with E-state index in [0.29, 0.717) is 12.1 Å². The molecule has 0 unspecified atom stereocenters. The van der Waals surface area contributed by atoms with Crippen molar-refractivity contribution in [3.63, 3.8) is 0 Å². The summed E-state index contributed by atoms with van der Waals surface area (Å²) in [6.45, 7) is 0.531. The van der Waals surface area contributed by atoms with E-state index in [1.165, 1.54) is 12.1 Å². The zero-order valence-electron chi connectivity index (χ0n) is 16.3. The van der Waals surface area contributed by atoms with Gasteiger partial charge >= 0.3 is 0 Å². The molecule has 0 bridgehead atoms. The van der Waals surface area contributed by atoms with E-state index in [1.54, 1.807) is 43.5 Å². The van der Waals surface area contributed by atoms with Crippen LogP contribution in [-0.2, 0) is 23.1 Å².